The van der Waals surface area contributed by atoms with E-state index in [2.05, 4.69) is 20.6 Å². The molecule has 2 N–H and O–H groups in total. The molecule has 1 aliphatic heterocycles. The topological polar surface area (TPSA) is 82.5 Å². The number of nitrogens with zero attached hydrogens (tertiary/aromatic N) is 4. The van der Waals surface area contributed by atoms with Crippen LogP contribution in [0.5, 0.6) is 0 Å². The van der Waals surface area contributed by atoms with Crippen molar-refractivity contribution in [2.75, 3.05) is 39.8 Å². The highest BCUT2D eigenvalue weighted by Crippen LogP contribution is 2.16. The summed E-state index contributed by atoms with van der Waals surface area (Å²) in [6, 6.07) is 9.47. The predicted octanol–water partition coefficient (Wildman–Crippen LogP) is 0.985. The van der Waals surface area contributed by atoms with Crippen molar-refractivity contribution in [3.8, 4) is 0 Å². The van der Waals surface area contributed by atoms with Gasteiger partial charge in [-0.1, -0.05) is 30.3 Å². The van der Waals surface area contributed by atoms with Gasteiger partial charge in [0.2, 0.25) is 11.8 Å². The number of aromatic nitrogens is 2. The Labute approximate surface area is 189 Å². The molecule has 1 unspecified atom stereocenters. The minimum atomic E-state index is -0.394. The fourth-order valence-corrected chi connectivity index (χ4v) is 3.39. The van der Waals surface area contributed by atoms with E-state index in [1.165, 1.54) is 0 Å². The summed E-state index contributed by atoms with van der Waals surface area (Å²) in [5.41, 5.74) is 1.94. The molecule has 0 saturated carbocycles. The molecule has 1 aliphatic rings. The van der Waals surface area contributed by atoms with Crippen molar-refractivity contribution in [2.45, 2.75) is 12.6 Å². The summed E-state index contributed by atoms with van der Waals surface area (Å²) in [7, 11) is 3.62. The number of halogens is 2. The molecule has 0 bridgehead atoms. The Hall–Kier alpha value is -2.13. The number of nitrogens with one attached hydrogen (secondary N) is 2. The van der Waals surface area contributed by atoms with E-state index < -0.39 is 6.04 Å². The van der Waals surface area contributed by atoms with Gasteiger partial charge in [0.25, 0.3) is 0 Å². The number of benzene rings is 1. The zero-order valence-corrected chi connectivity index (χ0v) is 18.9. The third-order valence-electron chi connectivity index (χ3n) is 4.98. The van der Waals surface area contributed by atoms with E-state index in [9.17, 15) is 9.59 Å². The predicted molar refractivity (Wildman–Crippen MR) is 121 cm³/mol. The molecule has 30 heavy (non-hydrogen) atoms. The lowest BCUT2D eigenvalue weighted by molar-refractivity contribution is -0.135. The molecule has 0 spiro atoms. The second kappa shape index (κ2) is 12.5. The molecule has 166 valence electrons. The second-order valence-electron chi connectivity index (χ2n) is 7.03. The number of carbonyl (C=O) groups excluding carboxylic acids is 2. The van der Waals surface area contributed by atoms with E-state index in [0.29, 0.717) is 39.3 Å². The number of piperazine rings is 1. The van der Waals surface area contributed by atoms with Crippen molar-refractivity contribution in [2.24, 2.45) is 7.05 Å². The SMILES string of the molecule is CNC(C(=O)N1CCN(CC(=O)NCc2ccccc2)CC1)c1cnn(C)c1.Cl.Cl. The summed E-state index contributed by atoms with van der Waals surface area (Å²) < 4.78 is 1.69. The van der Waals surface area contributed by atoms with Crippen LogP contribution in [0.15, 0.2) is 42.7 Å². The lowest BCUT2D eigenvalue weighted by Gasteiger charge is -2.36. The first-order valence-electron chi connectivity index (χ1n) is 9.54. The van der Waals surface area contributed by atoms with Crippen molar-refractivity contribution >= 4 is 36.6 Å². The summed E-state index contributed by atoms with van der Waals surface area (Å²) in [6.45, 7) is 3.49. The monoisotopic (exact) mass is 456 g/mol. The van der Waals surface area contributed by atoms with Crippen LogP contribution in [0.2, 0.25) is 0 Å². The lowest BCUT2D eigenvalue weighted by Crippen LogP contribution is -2.53. The highest BCUT2D eigenvalue weighted by Gasteiger charge is 2.28. The standard InChI is InChI=1S/C20H28N6O2.2ClH/c1-21-19(17-13-23-24(2)14-17)20(28)26-10-8-25(9-11-26)15-18(27)22-12-16-6-4-3-5-7-16;;/h3-7,13-14,19,21H,8-12,15H2,1-2H3,(H,22,27);2*1H. The fraction of sp³-hybridized carbons (Fsp3) is 0.450. The average molecular weight is 457 g/mol. The van der Waals surface area contributed by atoms with Gasteiger partial charge in [-0.05, 0) is 12.6 Å². The number of carbonyl (C=O) groups is 2. The maximum absolute atomic E-state index is 12.9. The highest BCUT2D eigenvalue weighted by atomic mass is 35.5. The van der Waals surface area contributed by atoms with E-state index in [0.717, 1.165) is 11.1 Å². The quantitative estimate of drug-likeness (QED) is 0.648. The van der Waals surface area contributed by atoms with Crippen molar-refractivity contribution in [3.63, 3.8) is 0 Å². The average Bonchev–Trinajstić information content (AvgIpc) is 3.14. The summed E-state index contributed by atoms with van der Waals surface area (Å²) in [4.78, 5) is 29.0. The molecular weight excluding hydrogens is 427 g/mol. The number of hydrogen-bond acceptors (Lipinski definition) is 5. The third-order valence-corrected chi connectivity index (χ3v) is 4.98. The number of amides is 2. The second-order valence-corrected chi connectivity index (χ2v) is 7.03. The van der Waals surface area contributed by atoms with Crippen LogP contribution >= 0.6 is 24.8 Å². The molecule has 1 saturated heterocycles. The van der Waals surface area contributed by atoms with Crippen LogP contribution in [0.4, 0.5) is 0 Å². The van der Waals surface area contributed by atoms with Gasteiger partial charge in [0.15, 0.2) is 0 Å². The van der Waals surface area contributed by atoms with Crippen LogP contribution in [0.25, 0.3) is 0 Å². The van der Waals surface area contributed by atoms with Gasteiger partial charge >= 0.3 is 0 Å². The van der Waals surface area contributed by atoms with Crippen LogP contribution in [-0.4, -0.2) is 71.2 Å². The summed E-state index contributed by atoms with van der Waals surface area (Å²) in [5, 5.41) is 10.2. The third kappa shape index (κ3) is 6.98. The highest BCUT2D eigenvalue weighted by molar-refractivity contribution is 5.85. The first-order chi connectivity index (χ1) is 13.6. The van der Waals surface area contributed by atoms with Gasteiger partial charge in [0.05, 0.1) is 12.7 Å². The van der Waals surface area contributed by atoms with E-state index in [1.54, 1.807) is 17.9 Å². The number of rotatable bonds is 7. The largest absolute Gasteiger partial charge is 0.351 e. The summed E-state index contributed by atoms with van der Waals surface area (Å²) >= 11 is 0. The van der Waals surface area contributed by atoms with Gasteiger partial charge in [-0.25, -0.2) is 0 Å². The van der Waals surface area contributed by atoms with Crippen LogP contribution in [0.3, 0.4) is 0 Å². The van der Waals surface area contributed by atoms with Crippen LogP contribution in [-0.2, 0) is 23.2 Å². The molecule has 1 aromatic carbocycles. The van der Waals surface area contributed by atoms with Gasteiger partial charge in [-0.15, -0.1) is 24.8 Å². The fourth-order valence-electron chi connectivity index (χ4n) is 3.39. The summed E-state index contributed by atoms with van der Waals surface area (Å²) in [6.07, 6.45) is 3.57. The number of likely N-dealkylation sites (N-methyl/N-ethyl adjacent to an activating group) is 1. The zero-order valence-electron chi connectivity index (χ0n) is 17.3. The Morgan fingerprint density at radius 2 is 1.77 bits per heavy atom. The molecule has 1 aromatic heterocycles. The minimum absolute atomic E-state index is 0. The Balaban J connectivity index is 0.00000225. The Kier molecular flexibility index (Phi) is 10.8. The summed E-state index contributed by atoms with van der Waals surface area (Å²) in [5.74, 6) is 0.0516. The van der Waals surface area contributed by atoms with Crippen LogP contribution in [0, 0.1) is 0 Å². The van der Waals surface area contributed by atoms with Gasteiger partial charge in [0.1, 0.15) is 6.04 Å². The molecule has 2 heterocycles. The molecule has 0 aliphatic carbocycles. The molecular formula is C20H30Cl2N6O2. The van der Waals surface area contributed by atoms with Gasteiger partial charge in [-0.2, -0.15) is 5.10 Å². The molecule has 8 nitrogen and oxygen atoms in total. The molecule has 1 atom stereocenters. The lowest BCUT2D eigenvalue weighted by atomic mass is 10.1. The number of hydrogen-bond donors (Lipinski definition) is 2. The van der Waals surface area contributed by atoms with Gasteiger partial charge in [-0.3, -0.25) is 19.2 Å². The first kappa shape index (κ1) is 25.9. The van der Waals surface area contributed by atoms with Crippen LogP contribution in [0.1, 0.15) is 17.2 Å². The molecule has 0 radical (unpaired) electrons. The molecule has 10 heteroatoms. The first-order valence-corrected chi connectivity index (χ1v) is 9.54. The van der Waals surface area contributed by atoms with E-state index in [-0.39, 0.29) is 36.6 Å². The van der Waals surface area contributed by atoms with Crippen molar-refractivity contribution in [1.29, 1.82) is 0 Å². The van der Waals surface area contributed by atoms with Crippen molar-refractivity contribution < 1.29 is 9.59 Å². The van der Waals surface area contributed by atoms with E-state index >= 15 is 0 Å². The molecule has 1 fully saturated rings. The normalized spacial score (nSPS) is 14.9. The van der Waals surface area contributed by atoms with E-state index in [1.807, 2.05) is 48.5 Å². The maximum Gasteiger partial charge on any atom is 0.244 e. The number of aryl methyl sites for hydroxylation is 1. The Bertz CT molecular complexity index is 794. The molecule has 3 rings (SSSR count). The van der Waals surface area contributed by atoms with Crippen molar-refractivity contribution in [3.05, 3.63) is 53.9 Å². The zero-order chi connectivity index (χ0) is 19.9. The van der Waals surface area contributed by atoms with Crippen LogP contribution < -0.4 is 10.6 Å². The Morgan fingerprint density at radius 1 is 1.10 bits per heavy atom. The van der Waals surface area contributed by atoms with Crippen molar-refractivity contribution in [1.82, 2.24) is 30.2 Å². The van der Waals surface area contributed by atoms with Gasteiger partial charge in [0, 0.05) is 51.5 Å². The maximum atomic E-state index is 12.9. The molecule has 2 amide bonds. The minimum Gasteiger partial charge on any atom is -0.351 e. The smallest absolute Gasteiger partial charge is 0.244 e. The van der Waals surface area contributed by atoms with E-state index in [4.69, 9.17) is 0 Å². The molecule has 2 aromatic rings. The van der Waals surface area contributed by atoms with Gasteiger partial charge < -0.3 is 15.5 Å². The Morgan fingerprint density at radius 3 is 2.33 bits per heavy atom.